The Bertz CT molecular complexity index is 295. The van der Waals surface area contributed by atoms with Gasteiger partial charge in [0.05, 0.1) is 25.7 Å². The van der Waals surface area contributed by atoms with Crippen LogP contribution in [0, 0.1) is 5.92 Å². The zero-order chi connectivity index (χ0) is 12.5. The fourth-order valence-corrected chi connectivity index (χ4v) is 2.05. The fourth-order valence-electron chi connectivity index (χ4n) is 2.05. The van der Waals surface area contributed by atoms with Crippen LogP contribution < -0.4 is 11.1 Å². The Morgan fingerprint density at radius 3 is 2.71 bits per heavy atom. The van der Waals surface area contributed by atoms with Crippen molar-refractivity contribution >= 4 is 5.91 Å². The normalized spacial score (nSPS) is 36.1. The van der Waals surface area contributed by atoms with Crippen LogP contribution in [0.3, 0.4) is 0 Å². The Balaban J connectivity index is 1.73. The van der Waals surface area contributed by atoms with Crippen LogP contribution in [0.1, 0.15) is 13.8 Å². The highest BCUT2D eigenvalue weighted by molar-refractivity contribution is 5.79. The molecule has 6 nitrogen and oxygen atoms in total. The second-order valence-corrected chi connectivity index (χ2v) is 5.00. The van der Waals surface area contributed by atoms with Crippen molar-refractivity contribution in [3.8, 4) is 0 Å². The number of hydrogen-bond donors (Lipinski definition) is 2. The van der Waals surface area contributed by atoms with Gasteiger partial charge in [-0.1, -0.05) is 0 Å². The van der Waals surface area contributed by atoms with Crippen LogP contribution in [0.2, 0.25) is 0 Å². The maximum atomic E-state index is 11.8. The second-order valence-electron chi connectivity index (χ2n) is 5.00. The van der Waals surface area contributed by atoms with Gasteiger partial charge in [0, 0.05) is 12.6 Å². The Morgan fingerprint density at radius 2 is 2.18 bits per heavy atom. The number of nitrogens with one attached hydrogen (secondary N) is 1. The van der Waals surface area contributed by atoms with Gasteiger partial charge in [-0.15, -0.1) is 0 Å². The summed E-state index contributed by atoms with van der Waals surface area (Å²) in [5.74, 6) is -0.865. The molecule has 3 unspecified atom stereocenters. The van der Waals surface area contributed by atoms with Crippen molar-refractivity contribution in [2.45, 2.75) is 31.8 Å². The van der Waals surface area contributed by atoms with Crippen molar-refractivity contribution < 1.29 is 19.0 Å². The lowest BCUT2D eigenvalue weighted by Crippen LogP contribution is -2.43. The number of carbonyl (C=O) groups excluding carboxylic acids is 1. The highest BCUT2D eigenvalue weighted by Crippen LogP contribution is 2.21. The third-order valence-electron chi connectivity index (χ3n) is 3.03. The first-order chi connectivity index (χ1) is 7.98. The van der Waals surface area contributed by atoms with Gasteiger partial charge in [0.2, 0.25) is 5.91 Å². The Hall–Kier alpha value is -0.690. The SMILES string of the molecule is CC1(C)OCC(CNC(=O)C2COCC2N)O1. The van der Waals surface area contributed by atoms with Crippen LogP contribution in [0.4, 0.5) is 0 Å². The summed E-state index contributed by atoms with van der Waals surface area (Å²) in [6.45, 7) is 5.52. The molecule has 2 saturated heterocycles. The lowest BCUT2D eigenvalue weighted by molar-refractivity contribution is -0.140. The molecule has 2 aliphatic rings. The molecule has 6 heteroatoms. The average Bonchev–Trinajstić information content (AvgIpc) is 2.81. The van der Waals surface area contributed by atoms with Gasteiger partial charge in [0.15, 0.2) is 5.79 Å². The number of ether oxygens (including phenoxy) is 3. The molecule has 1 amide bonds. The minimum Gasteiger partial charge on any atom is -0.379 e. The third-order valence-corrected chi connectivity index (χ3v) is 3.03. The molecule has 2 heterocycles. The monoisotopic (exact) mass is 244 g/mol. The zero-order valence-corrected chi connectivity index (χ0v) is 10.3. The molecule has 3 N–H and O–H groups in total. The van der Waals surface area contributed by atoms with E-state index in [4.69, 9.17) is 19.9 Å². The molecule has 0 aromatic rings. The number of nitrogens with two attached hydrogens (primary N) is 1. The molecule has 2 rings (SSSR count). The first kappa shape index (κ1) is 12.8. The molecular formula is C11H20N2O4. The fraction of sp³-hybridized carbons (Fsp3) is 0.909. The number of hydrogen-bond acceptors (Lipinski definition) is 5. The van der Waals surface area contributed by atoms with E-state index in [1.54, 1.807) is 0 Å². The zero-order valence-electron chi connectivity index (χ0n) is 10.3. The Kier molecular flexibility index (Phi) is 3.67. The van der Waals surface area contributed by atoms with E-state index in [9.17, 15) is 4.79 Å². The van der Waals surface area contributed by atoms with E-state index in [1.807, 2.05) is 13.8 Å². The number of amides is 1. The van der Waals surface area contributed by atoms with Gasteiger partial charge in [0.25, 0.3) is 0 Å². The quantitative estimate of drug-likeness (QED) is 0.681. The lowest BCUT2D eigenvalue weighted by atomic mass is 10.0. The summed E-state index contributed by atoms with van der Waals surface area (Å²) in [4.78, 5) is 11.8. The summed E-state index contributed by atoms with van der Waals surface area (Å²) in [6.07, 6.45) is -0.0903. The minimum absolute atomic E-state index is 0.0664. The van der Waals surface area contributed by atoms with E-state index in [1.165, 1.54) is 0 Å². The van der Waals surface area contributed by atoms with Gasteiger partial charge in [0.1, 0.15) is 6.10 Å². The van der Waals surface area contributed by atoms with Crippen LogP contribution in [-0.4, -0.2) is 50.2 Å². The first-order valence-electron chi connectivity index (χ1n) is 5.91. The Labute approximate surface area is 101 Å². The maximum absolute atomic E-state index is 11.8. The molecule has 0 aliphatic carbocycles. The van der Waals surface area contributed by atoms with Crippen LogP contribution in [0.15, 0.2) is 0 Å². The summed E-state index contributed by atoms with van der Waals surface area (Å²) < 4.78 is 16.2. The summed E-state index contributed by atoms with van der Waals surface area (Å²) in [6, 6.07) is -0.202. The van der Waals surface area contributed by atoms with Gasteiger partial charge >= 0.3 is 0 Å². The molecule has 0 aromatic heterocycles. The molecular weight excluding hydrogens is 224 g/mol. The van der Waals surface area contributed by atoms with Crippen molar-refractivity contribution in [1.82, 2.24) is 5.32 Å². The van der Waals surface area contributed by atoms with Gasteiger partial charge in [-0.25, -0.2) is 0 Å². The summed E-state index contributed by atoms with van der Waals surface area (Å²) in [7, 11) is 0. The maximum Gasteiger partial charge on any atom is 0.227 e. The predicted octanol–water partition coefficient (Wildman–Crippen LogP) is -0.772. The van der Waals surface area contributed by atoms with E-state index in [0.717, 1.165) is 0 Å². The molecule has 0 aromatic carbocycles. The molecule has 0 spiro atoms. The van der Waals surface area contributed by atoms with Crippen LogP contribution in [0.5, 0.6) is 0 Å². The van der Waals surface area contributed by atoms with Crippen LogP contribution in [-0.2, 0) is 19.0 Å². The number of rotatable bonds is 3. The van der Waals surface area contributed by atoms with Crippen molar-refractivity contribution in [3.05, 3.63) is 0 Å². The molecule has 3 atom stereocenters. The van der Waals surface area contributed by atoms with Crippen molar-refractivity contribution in [2.75, 3.05) is 26.4 Å². The van der Waals surface area contributed by atoms with Crippen LogP contribution >= 0.6 is 0 Å². The highest BCUT2D eigenvalue weighted by Gasteiger charge is 2.35. The van der Waals surface area contributed by atoms with E-state index >= 15 is 0 Å². The summed E-state index contributed by atoms with van der Waals surface area (Å²) >= 11 is 0. The summed E-state index contributed by atoms with van der Waals surface area (Å²) in [5, 5.41) is 2.83. The standard InChI is InChI=1S/C11H20N2O4/c1-11(2)16-4-7(17-11)3-13-10(14)8-5-15-6-9(8)12/h7-9H,3-6,12H2,1-2H3,(H,13,14). The molecule has 2 aliphatic heterocycles. The first-order valence-corrected chi connectivity index (χ1v) is 5.91. The molecule has 0 radical (unpaired) electrons. The molecule has 98 valence electrons. The minimum atomic E-state index is -0.553. The molecule has 0 saturated carbocycles. The largest absolute Gasteiger partial charge is 0.379 e. The molecule has 0 bridgehead atoms. The van der Waals surface area contributed by atoms with E-state index in [0.29, 0.717) is 26.4 Å². The molecule has 2 fully saturated rings. The van der Waals surface area contributed by atoms with Gasteiger partial charge < -0.3 is 25.3 Å². The van der Waals surface area contributed by atoms with E-state index in [2.05, 4.69) is 5.32 Å². The van der Waals surface area contributed by atoms with Crippen molar-refractivity contribution in [1.29, 1.82) is 0 Å². The van der Waals surface area contributed by atoms with Gasteiger partial charge in [-0.05, 0) is 13.8 Å². The smallest absolute Gasteiger partial charge is 0.227 e. The van der Waals surface area contributed by atoms with Gasteiger partial charge in [-0.2, -0.15) is 0 Å². The average molecular weight is 244 g/mol. The van der Waals surface area contributed by atoms with Gasteiger partial charge in [-0.3, -0.25) is 4.79 Å². The van der Waals surface area contributed by atoms with Crippen molar-refractivity contribution in [3.63, 3.8) is 0 Å². The third kappa shape index (κ3) is 3.16. The highest BCUT2D eigenvalue weighted by atomic mass is 16.7. The predicted molar refractivity (Wildman–Crippen MR) is 60.2 cm³/mol. The van der Waals surface area contributed by atoms with E-state index in [-0.39, 0.29) is 24.0 Å². The van der Waals surface area contributed by atoms with Crippen molar-refractivity contribution in [2.24, 2.45) is 11.7 Å². The second kappa shape index (κ2) is 4.89. The summed E-state index contributed by atoms with van der Waals surface area (Å²) in [5.41, 5.74) is 5.76. The Morgan fingerprint density at radius 1 is 1.41 bits per heavy atom. The number of carbonyl (C=O) groups is 1. The van der Waals surface area contributed by atoms with Crippen LogP contribution in [0.25, 0.3) is 0 Å². The topological polar surface area (TPSA) is 82.8 Å². The molecule has 17 heavy (non-hydrogen) atoms. The van der Waals surface area contributed by atoms with E-state index < -0.39 is 5.79 Å². The lowest BCUT2D eigenvalue weighted by Gasteiger charge is -2.18.